The SMILES string of the molecule is CS(=O)(=O)c1ccccc1N1CC(Br)CC1=O. The molecule has 0 saturated carbocycles. The fourth-order valence-electron chi connectivity index (χ4n) is 1.89. The molecule has 6 heteroatoms. The van der Waals surface area contributed by atoms with Crippen LogP contribution in [-0.2, 0) is 14.6 Å². The molecule has 17 heavy (non-hydrogen) atoms. The second-order valence-electron chi connectivity index (χ2n) is 4.05. The third-order valence-corrected chi connectivity index (χ3v) is 4.39. The van der Waals surface area contributed by atoms with Gasteiger partial charge in [-0.3, -0.25) is 4.79 Å². The third kappa shape index (κ3) is 2.52. The highest BCUT2D eigenvalue weighted by molar-refractivity contribution is 9.09. The molecule has 92 valence electrons. The van der Waals surface area contributed by atoms with Crippen LogP contribution in [0.25, 0.3) is 0 Å². The maximum atomic E-state index is 11.8. The van der Waals surface area contributed by atoms with Crippen molar-refractivity contribution < 1.29 is 13.2 Å². The molecule has 1 heterocycles. The summed E-state index contributed by atoms with van der Waals surface area (Å²) in [7, 11) is -3.32. The normalized spacial score (nSPS) is 20.9. The van der Waals surface area contributed by atoms with Gasteiger partial charge in [0.2, 0.25) is 5.91 Å². The third-order valence-electron chi connectivity index (χ3n) is 2.63. The van der Waals surface area contributed by atoms with Crippen LogP contribution in [0.2, 0.25) is 0 Å². The van der Waals surface area contributed by atoms with Gasteiger partial charge in [-0.15, -0.1) is 0 Å². The molecule has 1 aromatic carbocycles. The van der Waals surface area contributed by atoms with Crippen molar-refractivity contribution >= 4 is 37.4 Å². The fourth-order valence-corrected chi connectivity index (χ4v) is 3.34. The van der Waals surface area contributed by atoms with Crippen LogP contribution in [0.4, 0.5) is 5.69 Å². The van der Waals surface area contributed by atoms with E-state index in [0.717, 1.165) is 6.26 Å². The summed E-state index contributed by atoms with van der Waals surface area (Å²) in [5, 5.41) is 0. The minimum Gasteiger partial charge on any atom is -0.310 e. The van der Waals surface area contributed by atoms with E-state index >= 15 is 0 Å². The molecule has 1 fully saturated rings. The Morgan fingerprint density at radius 2 is 2.00 bits per heavy atom. The van der Waals surface area contributed by atoms with Crippen molar-refractivity contribution in [3.63, 3.8) is 0 Å². The van der Waals surface area contributed by atoms with Gasteiger partial charge in [0.1, 0.15) is 0 Å². The van der Waals surface area contributed by atoms with E-state index in [1.54, 1.807) is 18.2 Å². The molecule has 1 atom stereocenters. The Morgan fingerprint density at radius 1 is 1.35 bits per heavy atom. The van der Waals surface area contributed by atoms with Crippen molar-refractivity contribution in [2.75, 3.05) is 17.7 Å². The van der Waals surface area contributed by atoms with Crippen molar-refractivity contribution in [2.45, 2.75) is 16.1 Å². The van der Waals surface area contributed by atoms with Crippen LogP contribution in [0.15, 0.2) is 29.2 Å². The maximum Gasteiger partial charge on any atom is 0.228 e. The number of hydrogen-bond donors (Lipinski definition) is 0. The summed E-state index contributed by atoms with van der Waals surface area (Å²) in [6.07, 6.45) is 1.55. The summed E-state index contributed by atoms with van der Waals surface area (Å²) in [6.45, 7) is 0.505. The molecule has 1 amide bonds. The van der Waals surface area contributed by atoms with Gasteiger partial charge in [-0.1, -0.05) is 28.1 Å². The predicted octanol–water partition coefficient (Wildman–Crippen LogP) is 1.59. The maximum absolute atomic E-state index is 11.8. The monoisotopic (exact) mass is 317 g/mol. The zero-order chi connectivity index (χ0) is 12.6. The van der Waals surface area contributed by atoms with Gasteiger partial charge >= 0.3 is 0 Å². The number of nitrogens with zero attached hydrogens (tertiary/aromatic N) is 1. The molecule has 4 nitrogen and oxygen atoms in total. The Labute approximate surface area is 109 Å². The summed E-state index contributed by atoms with van der Waals surface area (Å²) in [5.41, 5.74) is 0.474. The summed E-state index contributed by atoms with van der Waals surface area (Å²) in [5.74, 6) is -0.0528. The lowest BCUT2D eigenvalue weighted by molar-refractivity contribution is -0.117. The van der Waals surface area contributed by atoms with Gasteiger partial charge in [-0.25, -0.2) is 8.42 Å². The standard InChI is InChI=1S/C11H12BrNO3S/c1-17(15,16)10-5-3-2-4-9(10)13-7-8(12)6-11(13)14/h2-5,8H,6-7H2,1H3. The minimum absolute atomic E-state index is 0.0528. The summed E-state index contributed by atoms with van der Waals surface area (Å²) < 4.78 is 23.3. The average molecular weight is 318 g/mol. The summed E-state index contributed by atoms with van der Waals surface area (Å²) in [4.78, 5) is 13.6. The minimum atomic E-state index is -3.32. The Balaban J connectivity index is 2.50. The number of para-hydroxylation sites is 1. The van der Waals surface area contributed by atoms with E-state index in [1.165, 1.54) is 11.0 Å². The largest absolute Gasteiger partial charge is 0.310 e. The molecular weight excluding hydrogens is 306 g/mol. The number of anilines is 1. The van der Waals surface area contributed by atoms with Gasteiger partial charge in [0.15, 0.2) is 9.84 Å². The highest BCUT2D eigenvalue weighted by Crippen LogP contribution is 2.30. The van der Waals surface area contributed by atoms with Gasteiger partial charge in [0.05, 0.1) is 10.6 Å². The van der Waals surface area contributed by atoms with Crippen LogP contribution in [0, 0.1) is 0 Å². The first kappa shape index (κ1) is 12.6. The lowest BCUT2D eigenvalue weighted by atomic mass is 10.3. The topological polar surface area (TPSA) is 54.5 Å². The van der Waals surface area contributed by atoms with E-state index in [0.29, 0.717) is 18.7 Å². The van der Waals surface area contributed by atoms with Crippen LogP contribution in [0.5, 0.6) is 0 Å². The Bertz CT molecular complexity index is 556. The van der Waals surface area contributed by atoms with Gasteiger partial charge in [-0.2, -0.15) is 0 Å². The van der Waals surface area contributed by atoms with Crippen LogP contribution < -0.4 is 4.90 Å². The van der Waals surface area contributed by atoms with E-state index in [1.807, 2.05) is 0 Å². The van der Waals surface area contributed by atoms with Gasteiger partial charge in [0.25, 0.3) is 0 Å². The Hall–Kier alpha value is -0.880. The number of carbonyl (C=O) groups is 1. The van der Waals surface area contributed by atoms with Gasteiger partial charge in [0, 0.05) is 24.0 Å². The quantitative estimate of drug-likeness (QED) is 0.778. The van der Waals surface area contributed by atoms with Crippen LogP contribution in [0.1, 0.15) is 6.42 Å². The number of hydrogen-bond acceptors (Lipinski definition) is 3. The lowest BCUT2D eigenvalue weighted by Gasteiger charge is -2.18. The first-order valence-electron chi connectivity index (χ1n) is 5.13. The Kier molecular flexibility index (Phi) is 3.27. The Morgan fingerprint density at radius 3 is 2.53 bits per heavy atom. The fraction of sp³-hybridized carbons (Fsp3) is 0.364. The van der Waals surface area contributed by atoms with E-state index < -0.39 is 9.84 Å². The number of amides is 1. The number of halogens is 1. The van der Waals surface area contributed by atoms with Crippen LogP contribution in [0.3, 0.4) is 0 Å². The zero-order valence-corrected chi connectivity index (χ0v) is 11.7. The van der Waals surface area contributed by atoms with E-state index in [-0.39, 0.29) is 15.6 Å². The molecule has 0 N–H and O–H groups in total. The number of sulfone groups is 1. The number of rotatable bonds is 2. The molecule has 0 bridgehead atoms. The number of alkyl halides is 1. The van der Waals surface area contributed by atoms with E-state index in [2.05, 4.69) is 15.9 Å². The molecular formula is C11H12BrNO3S. The van der Waals surface area contributed by atoms with Gasteiger partial charge < -0.3 is 4.90 Å². The number of carbonyl (C=O) groups excluding carboxylic acids is 1. The van der Waals surface area contributed by atoms with Crippen LogP contribution >= 0.6 is 15.9 Å². The van der Waals surface area contributed by atoms with Crippen molar-refractivity contribution in [2.24, 2.45) is 0 Å². The zero-order valence-electron chi connectivity index (χ0n) is 9.26. The molecule has 0 aliphatic carbocycles. The lowest BCUT2D eigenvalue weighted by Crippen LogP contribution is -2.26. The first-order chi connectivity index (χ1) is 7.89. The van der Waals surface area contributed by atoms with Crippen molar-refractivity contribution in [3.8, 4) is 0 Å². The molecule has 1 aliphatic rings. The second kappa shape index (κ2) is 4.42. The highest BCUT2D eigenvalue weighted by Gasteiger charge is 2.31. The first-order valence-corrected chi connectivity index (χ1v) is 7.94. The van der Waals surface area contributed by atoms with Crippen molar-refractivity contribution in [1.29, 1.82) is 0 Å². The van der Waals surface area contributed by atoms with Crippen molar-refractivity contribution in [3.05, 3.63) is 24.3 Å². The summed E-state index contributed by atoms with van der Waals surface area (Å²) >= 11 is 3.38. The molecule has 1 aromatic rings. The smallest absolute Gasteiger partial charge is 0.228 e. The summed E-state index contributed by atoms with van der Waals surface area (Å²) in [6, 6.07) is 6.59. The predicted molar refractivity (Wildman–Crippen MR) is 69.2 cm³/mol. The highest BCUT2D eigenvalue weighted by atomic mass is 79.9. The second-order valence-corrected chi connectivity index (χ2v) is 7.32. The molecule has 1 saturated heterocycles. The molecule has 2 rings (SSSR count). The van der Waals surface area contributed by atoms with E-state index in [4.69, 9.17) is 0 Å². The number of benzene rings is 1. The molecule has 1 aliphatic heterocycles. The van der Waals surface area contributed by atoms with Crippen LogP contribution in [-0.4, -0.2) is 32.0 Å². The van der Waals surface area contributed by atoms with E-state index in [9.17, 15) is 13.2 Å². The molecule has 0 aromatic heterocycles. The molecule has 1 unspecified atom stereocenters. The van der Waals surface area contributed by atoms with Gasteiger partial charge in [-0.05, 0) is 12.1 Å². The molecule has 0 spiro atoms. The molecule has 0 radical (unpaired) electrons. The van der Waals surface area contributed by atoms with Crippen molar-refractivity contribution in [1.82, 2.24) is 0 Å². The average Bonchev–Trinajstić information content (AvgIpc) is 2.56.